The van der Waals surface area contributed by atoms with E-state index < -0.39 is 6.09 Å². The number of amides is 1. The van der Waals surface area contributed by atoms with E-state index in [4.69, 9.17) is 4.74 Å². The van der Waals surface area contributed by atoms with Crippen molar-refractivity contribution in [2.75, 3.05) is 0 Å². The van der Waals surface area contributed by atoms with Crippen molar-refractivity contribution in [3.05, 3.63) is 78.2 Å². The number of benzene rings is 2. The van der Waals surface area contributed by atoms with E-state index in [1.807, 2.05) is 60.7 Å². The lowest BCUT2D eigenvalue weighted by molar-refractivity contribution is 0.134. The van der Waals surface area contributed by atoms with E-state index in [9.17, 15) is 4.79 Å². The highest BCUT2D eigenvalue weighted by Gasteiger charge is 2.18. The predicted octanol–water partition coefficient (Wildman–Crippen LogP) is 5.23. The highest BCUT2D eigenvalue weighted by molar-refractivity contribution is 5.68. The zero-order chi connectivity index (χ0) is 18.9. The molecule has 2 aromatic carbocycles. The maximum Gasteiger partial charge on any atom is 0.408 e. The third kappa shape index (κ3) is 5.45. The zero-order valence-corrected chi connectivity index (χ0v) is 15.5. The molecule has 0 fully saturated rings. The summed E-state index contributed by atoms with van der Waals surface area (Å²) in [6, 6.07) is 19.5. The molecule has 0 spiro atoms. The van der Waals surface area contributed by atoms with Gasteiger partial charge in [-0.25, -0.2) is 9.78 Å². The first-order chi connectivity index (χ1) is 13.3. The number of carbonyl (C=O) groups is 1. The van der Waals surface area contributed by atoms with Crippen molar-refractivity contribution in [1.82, 2.24) is 15.3 Å². The van der Waals surface area contributed by atoms with Crippen LogP contribution in [-0.4, -0.2) is 16.1 Å². The molecule has 1 amide bonds. The molecular weight excluding hydrogens is 338 g/mol. The monoisotopic (exact) mass is 363 g/mol. The van der Waals surface area contributed by atoms with E-state index in [0.717, 1.165) is 41.9 Å². The number of aromatic nitrogens is 2. The van der Waals surface area contributed by atoms with Gasteiger partial charge in [0, 0.05) is 0 Å². The Morgan fingerprint density at radius 3 is 2.52 bits per heavy atom. The summed E-state index contributed by atoms with van der Waals surface area (Å²) < 4.78 is 5.36. The van der Waals surface area contributed by atoms with Gasteiger partial charge in [-0.05, 0) is 17.5 Å². The number of imidazole rings is 1. The number of carbonyl (C=O) groups excluding carboxylic acids is 1. The molecule has 5 nitrogen and oxygen atoms in total. The van der Waals surface area contributed by atoms with Crippen molar-refractivity contribution in [3.8, 4) is 11.3 Å². The van der Waals surface area contributed by atoms with Crippen LogP contribution in [0.1, 0.15) is 43.6 Å². The summed E-state index contributed by atoms with van der Waals surface area (Å²) in [5.74, 6) is 0.749. The number of nitrogens with one attached hydrogen (secondary N) is 2. The standard InChI is InChI=1S/C22H25N3O2/c1-2-3-14-19(25-22(26)27-16-17-10-6-4-7-11-17)21-23-15-20(24-21)18-12-8-5-9-13-18/h4-13,15,19H,2-3,14,16H2,1H3,(H,23,24)(H,25,26). The maximum absolute atomic E-state index is 12.3. The number of nitrogens with zero attached hydrogens (tertiary/aromatic N) is 1. The fraction of sp³-hybridized carbons (Fsp3) is 0.273. The minimum atomic E-state index is -0.433. The van der Waals surface area contributed by atoms with Crippen LogP contribution in [0.15, 0.2) is 66.9 Å². The van der Waals surface area contributed by atoms with Crippen molar-refractivity contribution in [1.29, 1.82) is 0 Å². The molecule has 3 rings (SSSR count). The first-order valence-electron chi connectivity index (χ1n) is 9.34. The van der Waals surface area contributed by atoms with Crippen LogP contribution >= 0.6 is 0 Å². The Labute approximate surface area is 159 Å². The molecule has 140 valence electrons. The van der Waals surface area contributed by atoms with Gasteiger partial charge in [0.2, 0.25) is 0 Å². The summed E-state index contributed by atoms with van der Waals surface area (Å²) in [6.45, 7) is 2.38. The highest BCUT2D eigenvalue weighted by atomic mass is 16.5. The van der Waals surface area contributed by atoms with Crippen LogP contribution in [0.3, 0.4) is 0 Å². The molecule has 27 heavy (non-hydrogen) atoms. The van der Waals surface area contributed by atoms with Crippen LogP contribution in [-0.2, 0) is 11.3 Å². The molecule has 0 saturated carbocycles. The van der Waals surface area contributed by atoms with E-state index in [-0.39, 0.29) is 12.6 Å². The SMILES string of the molecule is CCCCC(NC(=O)OCc1ccccc1)c1ncc(-c2ccccc2)[nH]1. The van der Waals surface area contributed by atoms with Gasteiger partial charge in [0.1, 0.15) is 12.4 Å². The molecule has 0 saturated heterocycles. The van der Waals surface area contributed by atoms with Gasteiger partial charge in [0.25, 0.3) is 0 Å². The van der Waals surface area contributed by atoms with Gasteiger partial charge < -0.3 is 15.0 Å². The van der Waals surface area contributed by atoms with Crippen LogP contribution < -0.4 is 5.32 Å². The lowest BCUT2D eigenvalue weighted by Crippen LogP contribution is -2.29. The van der Waals surface area contributed by atoms with Crippen molar-refractivity contribution in [2.24, 2.45) is 0 Å². The molecule has 3 aromatic rings. The Morgan fingerprint density at radius 2 is 1.81 bits per heavy atom. The van der Waals surface area contributed by atoms with Gasteiger partial charge in [0.15, 0.2) is 0 Å². The normalized spacial score (nSPS) is 11.7. The maximum atomic E-state index is 12.3. The quantitative estimate of drug-likeness (QED) is 0.575. The average molecular weight is 363 g/mol. The fourth-order valence-electron chi connectivity index (χ4n) is 2.87. The van der Waals surface area contributed by atoms with E-state index in [1.165, 1.54) is 0 Å². The van der Waals surface area contributed by atoms with Gasteiger partial charge in [-0.2, -0.15) is 0 Å². The smallest absolute Gasteiger partial charge is 0.408 e. The number of rotatable bonds is 8. The number of aromatic amines is 1. The minimum Gasteiger partial charge on any atom is -0.445 e. The van der Waals surface area contributed by atoms with Gasteiger partial charge in [0.05, 0.1) is 17.9 Å². The van der Waals surface area contributed by atoms with Gasteiger partial charge in [-0.1, -0.05) is 80.4 Å². The second-order valence-electron chi connectivity index (χ2n) is 6.45. The molecule has 1 heterocycles. The first-order valence-corrected chi connectivity index (χ1v) is 9.34. The van der Waals surface area contributed by atoms with Crippen LogP contribution in [0.4, 0.5) is 4.79 Å². The average Bonchev–Trinajstić information content (AvgIpc) is 3.21. The molecule has 0 radical (unpaired) electrons. The van der Waals surface area contributed by atoms with Crippen molar-refractivity contribution in [2.45, 2.75) is 38.8 Å². The van der Waals surface area contributed by atoms with Gasteiger partial charge in [-0.15, -0.1) is 0 Å². The molecule has 0 bridgehead atoms. The molecule has 1 unspecified atom stereocenters. The van der Waals surface area contributed by atoms with Crippen LogP contribution in [0.2, 0.25) is 0 Å². The lowest BCUT2D eigenvalue weighted by Gasteiger charge is -2.16. The Balaban J connectivity index is 1.65. The predicted molar refractivity (Wildman–Crippen MR) is 106 cm³/mol. The Hall–Kier alpha value is -3.08. The summed E-state index contributed by atoms with van der Waals surface area (Å²) in [4.78, 5) is 20.1. The number of ether oxygens (including phenoxy) is 1. The van der Waals surface area contributed by atoms with E-state index in [1.54, 1.807) is 6.20 Å². The summed E-state index contributed by atoms with van der Waals surface area (Å²) in [7, 11) is 0. The number of hydrogen-bond acceptors (Lipinski definition) is 3. The molecule has 2 N–H and O–H groups in total. The lowest BCUT2D eigenvalue weighted by atomic mass is 10.1. The Kier molecular flexibility index (Phi) is 6.63. The molecule has 0 aliphatic rings. The number of unbranched alkanes of at least 4 members (excludes halogenated alkanes) is 1. The second kappa shape index (κ2) is 9.57. The molecule has 0 aliphatic carbocycles. The molecule has 1 atom stereocenters. The molecule has 1 aromatic heterocycles. The van der Waals surface area contributed by atoms with E-state index in [2.05, 4.69) is 22.2 Å². The van der Waals surface area contributed by atoms with Crippen molar-refractivity contribution < 1.29 is 9.53 Å². The van der Waals surface area contributed by atoms with Crippen LogP contribution in [0.5, 0.6) is 0 Å². The number of hydrogen-bond donors (Lipinski definition) is 2. The molecule has 0 aliphatic heterocycles. The summed E-state index contributed by atoms with van der Waals surface area (Å²) in [5, 5.41) is 2.95. The van der Waals surface area contributed by atoms with Crippen LogP contribution in [0.25, 0.3) is 11.3 Å². The van der Waals surface area contributed by atoms with Crippen molar-refractivity contribution >= 4 is 6.09 Å². The molecular formula is C22H25N3O2. The highest BCUT2D eigenvalue weighted by Crippen LogP contribution is 2.22. The topological polar surface area (TPSA) is 67.0 Å². The number of alkyl carbamates (subject to hydrolysis) is 1. The van der Waals surface area contributed by atoms with Crippen molar-refractivity contribution in [3.63, 3.8) is 0 Å². The summed E-state index contributed by atoms with van der Waals surface area (Å²) in [5.41, 5.74) is 2.96. The van der Waals surface area contributed by atoms with E-state index >= 15 is 0 Å². The Bertz CT molecular complexity index is 831. The summed E-state index contributed by atoms with van der Waals surface area (Å²) >= 11 is 0. The fourth-order valence-corrected chi connectivity index (χ4v) is 2.87. The third-order valence-corrected chi connectivity index (χ3v) is 4.36. The van der Waals surface area contributed by atoms with Gasteiger partial charge in [-0.3, -0.25) is 0 Å². The third-order valence-electron chi connectivity index (χ3n) is 4.36. The van der Waals surface area contributed by atoms with E-state index in [0.29, 0.717) is 0 Å². The Morgan fingerprint density at radius 1 is 1.11 bits per heavy atom. The first kappa shape index (κ1) is 18.7. The van der Waals surface area contributed by atoms with Crippen LogP contribution in [0, 0.1) is 0 Å². The minimum absolute atomic E-state index is 0.203. The molecule has 5 heteroatoms. The second-order valence-corrected chi connectivity index (χ2v) is 6.45. The van der Waals surface area contributed by atoms with Gasteiger partial charge >= 0.3 is 6.09 Å². The summed E-state index contributed by atoms with van der Waals surface area (Å²) in [6.07, 6.45) is 4.21. The zero-order valence-electron chi connectivity index (χ0n) is 15.5. The number of H-pyrrole nitrogens is 1. The largest absolute Gasteiger partial charge is 0.445 e.